The SMILES string of the molecule is CCN(C)CCNC(=NC)NC1CCN(c2ncc(C(F)(F)F)cc2Cl)C1.I. The van der Waals surface area contributed by atoms with Crippen LogP contribution < -0.4 is 15.5 Å². The van der Waals surface area contributed by atoms with Gasteiger partial charge in [0.2, 0.25) is 0 Å². The maximum absolute atomic E-state index is 12.8. The molecule has 1 aromatic rings. The summed E-state index contributed by atoms with van der Waals surface area (Å²) < 4.78 is 38.3. The standard InChI is InChI=1S/C17H26ClF3N6.HI/c1-4-26(3)8-6-23-16(22-2)25-13-5-7-27(11-13)15-14(18)9-12(10-24-15)17(19,20)21;/h9-10,13H,4-8,11H2,1-3H3,(H2,22,23,25);1H. The number of hydrogen-bond donors (Lipinski definition) is 2. The number of pyridine rings is 1. The van der Waals surface area contributed by atoms with E-state index in [1.54, 1.807) is 7.05 Å². The van der Waals surface area contributed by atoms with E-state index in [0.717, 1.165) is 38.3 Å². The van der Waals surface area contributed by atoms with Crippen molar-refractivity contribution in [3.05, 3.63) is 22.8 Å². The van der Waals surface area contributed by atoms with Gasteiger partial charge < -0.3 is 20.4 Å². The van der Waals surface area contributed by atoms with Gasteiger partial charge in [0, 0.05) is 45.5 Å². The van der Waals surface area contributed by atoms with Gasteiger partial charge in [-0.2, -0.15) is 13.2 Å². The van der Waals surface area contributed by atoms with Gasteiger partial charge in [0.1, 0.15) is 5.82 Å². The summed E-state index contributed by atoms with van der Waals surface area (Å²) in [6.45, 7) is 6.00. The number of aliphatic imine (C=N–C) groups is 1. The van der Waals surface area contributed by atoms with E-state index in [4.69, 9.17) is 11.6 Å². The molecule has 1 unspecified atom stereocenters. The highest BCUT2D eigenvalue weighted by Gasteiger charge is 2.33. The van der Waals surface area contributed by atoms with Crippen LogP contribution in [0.1, 0.15) is 18.9 Å². The Kier molecular flexibility index (Phi) is 10.1. The van der Waals surface area contributed by atoms with Crippen molar-refractivity contribution < 1.29 is 13.2 Å². The minimum absolute atomic E-state index is 0. The molecule has 0 radical (unpaired) electrons. The Balaban J connectivity index is 0.00000392. The van der Waals surface area contributed by atoms with Crippen LogP contribution in [0.2, 0.25) is 5.02 Å². The van der Waals surface area contributed by atoms with E-state index in [2.05, 4.69) is 32.4 Å². The topological polar surface area (TPSA) is 55.8 Å². The Hall–Kier alpha value is -1.01. The summed E-state index contributed by atoms with van der Waals surface area (Å²) in [6.07, 6.45) is -2.81. The summed E-state index contributed by atoms with van der Waals surface area (Å²) in [5, 5.41) is 6.61. The molecule has 2 rings (SSSR count). The Morgan fingerprint density at radius 1 is 1.46 bits per heavy atom. The number of anilines is 1. The number of aromatic nitrogens is 1. The van der Waals surface area contributed by atoms with Crippen molar-refractivity contribution in [3.63, 3.8) is 0 Å². The molecule has 1 saturated heterocycles. The Morgan fingerprint density at radius 2 is 2.18 bits per heavy atom. The van der Waals surface area contributed by atoms with Gasteiger partial charge in [0.25, 0.3) is 0 Å². The predicted molar refractivity (Wildman–Crippen MR) is 118 cm³/mol. The minimum atomic E-state index is -4.45. The Labute approximate surface area is 185 Å². The molecule has 2 N–H and O–H groups in total. The minimum Gasteiger partial charge on any atom is -0.355 e. The highest BCUT2D eigenvalue weighted by Crippen LogP contribution is 2.34. The first kappa shape index (κ1) is 25.0. The van der Waals surface area contributed by atoms with E-state index in [0.29, 0.717) is 24.9 Å². The number of hydrogen-bond acceptors (Lipinski definition) is 4. The molecule has 1 aliphatic rings. The first-order valence-electron chi connectivity index (χ1n) is 8.88. The second-order valence-corrected chi connectivity index (χ2v) is 6.91. The molecule has 0 bridgehead atoms. The number of halogens is 5. The highest BCUT2D eigenvalue weighted by molar-refractivity contribution is 14.0. The third-order valence-electron chi connectivity index (χ3n) is 4.53. The average molecular weight is 535 g/mol. The van der Waals surface area contributed by atoms with Gasteiger partial charge in [-0.05, 0) is 26.1 Å². The van der Waals surface area contributed by atoms with Gasteiger partial charge in [0.15, 0.2) is 5.96 Å². The van der Waals surface area contributed by atoms with Crippen LogP contribution in [0.3, 0.4) is 0 Å². The molecule has 160 valence electrons. The van der Waals surface area contributed by atoms with Gasteiger partial charge >= 0.3 is 6.18 Å². The zero-order chi connectivity index (χ0) is 20.0. The molecule has 6 nitrogen and oxygen atoms in total. The second-order valence-electron chi connectivity index (χ2n) is 6.50. The molecule has 0 saturated carbocycles. The lowest BCUT2D eigenvalue weighted by molar-refractivity contribution is -0.137. The van der Waals surface area contributed by atoms with Gasteiger partial charge in [-0.15, -0.1) is 24.0 Å². The van der Waals surface area contributed by atoms with Crippen molar-refractivity contribution in [1.29, 1.82) is 0 Å². The van der Waals surface area contributed by atoms with Gasteiger partial charge in [-0.3, -0.25) is 4.99 Å². The van der Waals surface area contributed by atoms with Crippen LogP contribution >= 0.6 is 35.6 Å². The molecular weight excluding hydrogens is 508 g/mol. The molecule has 2 heterocycles. The molecule has 11 heteroatoms. The summed E-state index contributed by atoms with van der Waals surface area (Å²) in [4.78, 5) is 12.2. The Bertz CT molecular complexity index is 658. The third-order valence-corrected chi connectivity index (χ3v) is 4.81. The summed E-state index contributed by atoms with van der Waals surface area (Å²) in [5.41, 5.74) is -0.841. The predicted octanol–water partition coefficient (Wildman–Crippen LogP) is 3.07. The molecule has 0 spiro atoms. The van der Waals surface area contributed by atoms with Crippen molar-refractivity contribution in [2.45, 2.75) is 25.6 Å². The molecule has 0 aliphatic carbocycles. The number of likely N-dealkylation sites (N-methyl/N-ethyl adjacent to an activating group) is 1. The van der Waals surface area contributed by atoms with Crippen molar-refractivity contribution in [2.75, 3.05) is 51.7 Å². The maximum Gasteiger partial charge on any atom is 0.417 e. The molecule has 1 fully saturated rings. The fourth-order valence-electron chi connectivity index (χ4n) is 2.80. The molecular formula is C17H27ClF3IN6. The van der Waals surface area contributed by atoms with E-state index < -0.39 is 11.7 Å². The molecule has 0 amide bonds. The van der Waals surface area contributed by atoms with Crippen LogP contribution in [0.4, 0.5) is 19.0 Å². The van der Waals surface area contributed by atoms with E-state index in [9.17, 15) is 13.2 Å². The van der Waals surface area contributed by atoms with Gasteiger partial charge in [-0.25, -0.2) is 4.98 Å². The maximum atomic E-state index is 12.8. The van der Waals surface area contributed by atoms with Crippen LogP contribution in [-0.2, 0) is 6.18 Å². The zero-order valence-corrected chi connectivity index (χ0v) is 19.3. The normalized spacial score (nSPS) is 17.6. The molecule has 1 aliphatic heterocycles. The largest absolute Gasteiger partial charge is 0.417 e. The van der Waals surface area contributed by atoms with E-state index >= 15 is 0 Å². The fraction of sp³-hybridized carbons (Fsp3) is 0.647. The number of nitrogens with one attached hydrogen (secondary N) is 2. The van der Waals surface area contributed by atoms with Crippen molar-refractivity contribution in [3.8, 4) is 0 Å². The molecule has 1 atom stereocenters. The smallest absolute Gasteiger partial charge is 0.355 e. The summed E-state index contributed by atoms with van der Waals surface area (Å²) in [6, 6.07) is 1.04. The quantitative estimate of drug-likeness (QED) is 0.334. The monoisotopic (exact) mass is 534 g/mol. The van der Waals surface area contributed by atoms with Crippen molar-refractivity contribution >= 4 is 47.4 Å². The summed E-state index contributed by atoms with van der Waals surface area (Å²) in [5.74, 6) is 1.08. The fourth-order valence-corrected chi connectivity index (χ4v) is 3.09. The molecule has 28 heavy (non-hydrogen) atoms. The van der Waals surface area contributed by atoms with Crippen LogP contribution in [0, 0.1) is 0 Å². The van der Waals surface area contributed by atoms with E-state index in [1.165, 1.54) is 0 Å². The van der Waals surface area contributed by atoms with Crippen LogP contribution in [0.15, 0.2) is 17.3 Å². The zero-order valence-electron chi connectivity index (χ0n) is 16.2. The van der Waals surface area contributed by atoms with Crippen molar-refractivity contribution in [1.82, 2.24) is 20.5 Å². The summed E-state index contributed by atoms with van der Waals surface area (Å²) >= 11 is 6.04. The Morgan fingerprint density at radius 3 is 2.75 bits per heavy atom. The highest BCUT2D eigenvalue weighted by atomic mass is 127. The van der Waals surface area contributed by atoms with Gasteiger partial charge in [-0.1, -0.05) is 18.5 Å². The average Bonchev–Trinajstić information content (AvgIpc) is 3.07. The number of nitrogens with zero attached hydrogens (tertiary/aromatic N) is 4. The van der Waals surface area contributed by atoms with E-state index in [-0.39, 0.29) is 35.0 Å². The second kappa shape index (κ2) is 11.2. The summed E-state index contributed by atoms with van der Waals surface area (Å²) in [7, 11) is 3.76. The lowest BCUT2D eigenvalue weighted by atomic mass is 10.2. The van der Waals surface area contributed by atoms with Crippen molar-refractivity contribution in [2.24, 2.45) is 4.99 Å². The van der Waals surface area contributed by atoms with Gasteiger partial charge in [0.05, 0.1) is 10.6 Å². The molecule has 1 aromatic heterocycles. The van der Waals surface area contributed by atoms with E-state index in [1.807, 2.05) is 11.9 Å². The number of guanidine groups is 1. The van der Waals surface area contributed by atoms with Crippen LogP contribution in [-0.4, -0.2) is 68.7 Å². The lowest BCUT2D eigenvalue weighted by Crippen LogP contribution is -2.46. The lowest BCUT2D eigenvalue weighted by Gasteiger charge is -2.21. The first-order chi connectivity index (χ1) is 12.7. The third kappa shape index (κ3) is 7.11. The van der Waals surface area contributed by atoms with Crippen LogP contribution in [0.5, 0.6) is 0 Å². The van der Waals surface area contributed by atoms with Crippen LogP contribution in [0.25, 0.3) is 0 Å². The molecule has 0 aromatic carbocycles. The number of rotatable bonds is 6. The first-order valence-corrected chi connectivity index (χ1v) is 9.25. The number of alkyl halides is 3.